The predicted octanol–water partition coefficient (Wildman–Crippen LogP) is 2.32. The van der Waals surface area contributed by atoms with Crippen molar-refractivity contribution in [3.63, 3.8) is 0 Å². The first-order valence-corrected chi connectivity index (χ1v) is 11.3. The Bertz CT molecular complexity index is 806. The maximum atomic E-state index is 13.6. The van der Waals surface area contributed by atoms with E-state index in [1.54, 1.807) is 21.9 Å². The molecule has 0 radical (unpaired) electrons. The van der Waals surface area contributed by atoms with Crippen molar-refractivity contribution >= 4 is 17.7 Å². The fourth-order valence-corrected chi connectivity index (χ4v) is 4.64. The van der Waals surface area contributed by atoms with Crippen LogP contribution in [0.5, 0.6) is 5.75 Å². The Labute approximate surface area is 184 Å². The Balaban J connectivity index is 1.78. The van der Waals surface area contributed by atoms with E-state index in [9.17, 15) is 19.5 Å². The largest absolute Gasteiger partial charge is 0.508 e. The first-order valence-electron chi connectivity index (χ1n) is 11.3. The van der Waals surface area contributed by atoms with Gasteiger partial charge in [0.05, 0.1) is 6.04 Å². The molecule has 1 aromatic rings. The van der Waals surface area contributed by atoms with Gasteiger partial charge in [-0.3, -0.25) is 14.4 Å². The molecule has 2 heterocycles. The van der Waals surface area contributed by atoms with Crippen molar-refractivity contribution < 1.29 is 19.5 Å². The van der Waals surface area contributed by atoms with E-state index in [0.717, 1.165) is 5.56 Å². The van der Waals surface area contributed by atoms with Crippen molar-refractivity contribution in [1.29, 1.82) is 0 Å². The average Bonchev–Trinajstić information content (AvgIpc) is 2.70. The molecule has 3 amide bonds. The Hall–Kier alpha value is -2.57. The number of fused-ring (bicyclic) bond motifs is 1. The normalized spacial score (nSPS) is 23.9. The van der Waals surface area contributed by atoms with Crippen LogP contribution in [0.1, 0.15) is 52.5 Å². The first-order chi connectivity index (χ1) is 14.7. The van der Waals surface area contributed by atoms with Gasteiger partial charge in [-0.1, -0.05) is 39.8 Å². The third-order valence-corrected chi connectivity index (χ3v) is 6.14. The number of piperazine rings is 2. The maximum absolute atomic E-state index is 13.6. The number of amides is 3. The molecule has 170 valence electrons. The van der Waals surface area contributed by atoms with Crippen LogP contribution in [0.15, 0.2) is 24.3 Å². The van der Waals surface area contributed by atoms with Crippen LogP contribution in [0.3, 0.4) is 0 Å². The van der Waals surface area contributed by atoms with Gasteiger partial charge in [-0.2, -0.15) is 0 Å². The average molecular weight is 430 g/mol. The zero-order valence-corrected chi connectivity index (χ0v) is 19.0. The lowest BCUT2D eigenvalue weighted by Crippen LogP contribution is -2.72. The quantitative estimate of drug-likeness (QED) is 0.696. The van der Waals surface area contributed by atoms with Gasteiger partial charge in [0.15, 0.2) is 0 Å². The van der Waals surface area contributed by atoms with Gasteiger partial charge in [-0.15, -0.1) is 0 Å². The van der Waals surface area contributed by atoms with Crippen LogP contribution in [-0.2, 0) is 20.8 Å². The van der Waals surface area contributed by atoms with E-state index in [1.807, 2.05) is 26.0 Å². The van der Waals surface area contributed by atoms with E-state index in [4.69, 9.17) is 0 Å². The highest BCUT2D eigenvalue weighted by Crippen LogP contribution is 2.29. The van der Waals surface area contributed by atoms with Crippen LogP contribution in [0.2, 0.25) is 0 Å². The van der Waals surface area contributed by atoms with Crippen LogP contribution < -0.4 is 5.32 Å². The molecule has 3 rings (SSSR count). The van der Waals surface area contributed by atoms with Crippen molar-refractivity contribution in [2.24, 2.45) is 11.8 Å². The summed E-state index contributed by atoms with van der Waals surface area (Å²) >= 11 is 0. The molecule has 3 atom stereocenters. The number of carbonyl (C=O) groups excluding carboxylic acids is 3. The first kappa shape index (κ1) is 23.1. The third-order valence-electron chi connectivity index (χ3n) is 6.14. The molecule has 2 aliphatic rings. The fourth-order valence-electron chi connectivity index (χ4n) is 4.64. The van der Waals surface area contributed by atoms with Gasteiger partial charge in [0, 0.05) is 19.5 Å². The minimum absolute atomic E-state index is 0.0379. The molecule has 31 heavy (non-hydrogen) atoms. The second-order valence-electron chi connectivity index (χ2n) is 9.65. The molecule has 0 saturated carbocycles. The Kier molecular flexibility index (Phi) is 7.23. The molecular weight excluding hydrogens is 394 g/mol. The molecule has 7 nitrogen and oxygen atoms in total. The minimum Gasteiger partial charge on any atom is -0.508 e. The molecule has 2 N–H and O–H groups in total. The summed E-state index contributed by atoms with van der Waals surface area (Å²) in [6.45, 7) is 9.04. The van der Waals surface area contributed by atoms with Gasteiger partial charge in [0.25, 0.3) is 0 Å². The summed E-state index contributed by atoms with van der Waals surface area (Å²) in [7, 11) is 0. The number of hydrogen-bond acceptors (Lipinski definition) is 4. The summed E-state index contributed by atoms with van der Waals surface area (Å²) in [6, 6.07) is 5.68. The van der Waals surface area contributed by atoms with Gasteiger partial charge in [-0.25, -0.2) is 0 Å². The molecule has 0 bridgehead atoms. The lowest BCUT2D eigenvalue weighted by atomic mass is 9.90. The number of phenols is 1. The van der Waals surface area contributed by atoms with Gasteiger partial charge in [-0.05, 0) is 48.8 Å². The Morgan fingerprint density at radius 3 is 2.29 bits per heavy atom. The molecule has 7 heteroatoms. The van der Waals surface area contributed by atoms with Gasteiger partial charge < -0.3 is 20.2 Å². The third kappa shape index (κ3) is 5.38. The van der Waals surface area contributed by atoms with Crippen molar-refractivity contribution in [3.05, 3.63) is 29.8 Å². The maximum Gasteiger partial charge on any atom is 0.246 e. The zero-order valence-electron chi connectivity index (χ0n) is 19.0. The van der Waals surface area contributed by atoms with Gasteiger partial charge >= 0.3 is 0 Å². The van der Waals surface area contributed by atoms with E-state index in [-0.39, 0.29) is 41.3 Å². The summed E-state index contributed by atoms with van der Waals surface area (Å²) < 4.78 is 0. The zero-order chi connectivity index (χ0) is 22.7. The molecule has 0 unspecified atom stereocenters. The second kappa shape index (κ2) is 9.71. The number of benzene rings is 1. The number of carbonyl (C=O) groups is 3. The lowest BCUT2D eigenvalue weighted by Gasteiger charge is -2.51. The van der Waals surface area contributed by atoms with E-state index in [2.05, 4.69) is 19.2 Å². The predicted molar refractivity (Wildman–Crippen MR) is 118 cm³/mol. The molecule has 2 fully saturated rings. The van der Waals surface area contributed by atoms with E-state index >= 15 is 0 Å². The number of hydrogen-bond donors (Lipinski definition) is 2. The van der Waals surface area contributed by atoms with E-state index < -0.39 is 12.1 Å². The highest BCUT2D eigenvalue weighted by molar-refractivity contribution is 5.94. The standard InChI is InChI=1S/C24H35N3O4/c1-15(2)11-20-23(30)25-13-18-14-26(21(12-16(3)4)24(31)27(18)20)22(29)10-7-17-5-8-19(28)9-6-17/h5-6,8-9,15-16,18,20-21,28H,7,10-14H2,1-4H3,(H,25,30)/t18-,20+,21+/m1/s1. The molecule has 0 aromatic heterocycles. The summed E-state index contributed by atoms with van der Waals surface area (Å²) in [5, 5.41) is 12.4. The Morgan fingerprint density at radius 2 is 1.68 bits per heavy atom. The summed E-state index contributed by atoms with van der Waals surface area (Å²) in [5.74, 6) is 0.515. The van der Waals surface area contributed by atoms with Crippen LogP contribution >= 0.6 is 0 Å². The molecule has 1 aromatic carbocycles. The second-order valence-corrected chi connectivity index (χ2v) is 9.65. The molecule has 0 aliphatic carbocycles. The highest BCUT2D eigenvalue weighted by atomic mass is 16.3. The van der Waals surface area contributed by atoms with Crippen molar-refractivity contribution in [2.45, 2.75) is 71.5 Å². The molecular formula is C24H35N3O4. The summed E-state index contributed by atoms with van der Waals surface area (Å²) in [4.78, 5) is 42.8. The topological polar surface area (TPSA) is 90.0 Å². The lowest BCUT2D eigenvalue weighted by molar-refractivity contribution is -0.164. The minimum atomic E-state index is -0.524. The summed E-state index contributed by atoms with van der Waals surface area (Å²) in [5.41, 5.74) is 0.971. The SMILES string of the molecule is CC(C)C[C@H]1C(=O)N2[C@H](CNC(=O)[C@@H]2CC(C)C)CN1C(=O)CCc1ccc(O)cc1. The molecule has 2 aliphatic heterocycles. The van der Waals surface area contributed by atoms with Crippen molar-refractivity contribution in [2.75, 3.05) is 13.1 Å². The Morgan fingerprint density at radius 1 is 1.06 bits per heavy atom. The van der Waals surface area contributed by atoms with Crippen LogP contribution in [-0.4, -0.2) is 63.8 Å². The monoisotopic (exact) mass is 429 g/mol. The van der Waals surface area contributed by atoms with Crippen LogP contribution in [0.4, 0.5) is 0 Å². The number of rotatable bonds is 7. The molecule has 0 spiro atoms. The highest BCUT2D eigenvalue weighted by Gasteiger charge is 2.48. The van der Waals surface area contributed by atoms with Crippen molar-refractivity contribution in [3.8, 4) is 5.75 Å². The number of aromatic hydroxyl groups is 1. The van der Waals surface area contributed by atoms with Crippen LogP contribution in [0, 0.1) is 11.8 Å². The summed E-state index contributed by atoms with van der Waals surface area (Å²) in [6.07, 6.45) is 2.07. The smallest absolute Gasteiger partial charge is 0.246 e. The fraction of sp³-hybridized carbons (Fsp3) is 0.625. The molecule has 2 saturated heterocycles. The van der Waals surface area contributed by atoms with Crippen molar-refractivity contribution in [1.82, 2.24) is 15.1 Å². The number of phenolic OH excluding ortho intramolecular Hbond substituents is 1. The number of nitrogens with one attached hydrogen (secondary N) is 1. The number of aryl methyl sites for hydroxylation is 1. The van der Waals surface area contributed by atoms with Gasteiger partial charge in [0.2, 0.25) is 17.7 Å². The van der Waals surface area contributed by atoms with Crippen LogP contribution in [0.25, 0.3) is 0 Å². The van der Waals surface area contributed by atoms with Gasteiger partial charge in [0.1, 0.15) is 17.8 Å². The number of nitrogens with zero attached hydrogens (tertiary/aromatic N) is 2. The van der Waals surface area contributed by atoms with E-state index in [1.165, 1.54) is 0 Å². The van der Waals surface area contributed by atoms with E-state index in [0.29, 0.717) is 38.8 Å².